The van der Waals surface area contributed by atoms with Crippen LogP contribution in [0.2, 0.25) is 5.02 Å². The number of ether oxygens (including phenoxy) is 1. The number of nitro benzene ring substituents is 1. The summed E-state index contributed by atoms with van der Waals surface area (Å²) in [5.74, 6) is 0.243. The van der Waals surface area contributed by atoms with E-state index in [9.17, 15) is 14.9 Å². The zero-order valence-corrected chi connectivity index (χ0v) is 15.2. The highest BCUT2D eigenvalue weighted by Gasteiger charge is 2.10. The minimum atomic E-state index is -0.536. The number of hydrogen-bond donors (Lipinski definition) is 1. The molecule has 0 unspecified atom stereocenters. The van der Waals surface area contributed by atoms with Gasteiger partial charge in [-0.2, -0.15) is 5.10 Å². The van der Waals surface area contributed by atoms with Crippen LogP contribution >= 0.6 is 34.2 Å². The number of nitrogens with one attached hydrogen (secondary N) is 1. The van der Waals surface area contributed by atoms with Gasteiger partial charge in [-0.15, -0.1) is 0 Å². The number of halogens is 2. The first kappa shape index (κ1) is 18.1. The van der Waals surface area contributed by atoms with Gasteiger partial charge in [-0.05, 0) is 46.9 Å². The van der Waals surface area contributed by atoms with Gasteiger partial charge >= 0.3 is 0 Å². The van der Waals surface area contributed by atoms with Gasteiger partial charge in [0.05, 0.1) is 21.8 Å². The van der Waals surface area contributed by atoms with Crippen LogP contribution in [0.15, 0.2) is 41.5 Å². The van der Waals surface area contributed by atoms with Gasteiger partial charge in [-0.25, -0.2) is 5.43 Å². The zero-order valence-electron chi connectivity index (χ0n) is 12.3. The standard InChI is InChI=1S/C15H11ClIN3O4/c1-24-14-5-2-9(7-13(14)17)15(21)19-18-8-10-6-11(20(22)23)3-4-12(10)16/h2-8H,1H3,(H,19,21)/b18-8+. The van der Waals surface area contributed by atoms with Gasteiger partial charge in [0.2, 0.25) is 0 Å². The van der Waals surface area contributed by atoms with Crippen molar-refractivity contribution in [1.29, 1.82) is 0 Å². The fourth-order valence-electron chi connectivity index (χ4n) is 1.78. The number of hydrogen-bond acceptors (Lipinski definition) is 5. The van der Waals surface area contributed by atoms with Crippen molar-refractivity contribution in [3.05, 3.63) is 66.2 Å². The SMILES string of the molecule is COc1ccc(C(=O)N/N=C/c2cc([N+](=O)[O-])ccc2Cl)cc1I. The van der Waals surface area contributed by atoms with Crippen molar-refractivity contribution in [3.8, 4) is 5.75 Å². The van der Waals surface area contributed by atoms with Crippen molar-refractivity contribution in [3.63, 3.8) is 0 Å². The normalized spacial score (nSPS) is 10.6. The predicted molar refractivity (Wildman–Crippen MR) is 98.9 cm³/mol. The Morgan fingerprint density at radius 2 is 2.12 bits per heavy atom. The second-order valence-corrected chi connectivity index (χ2v) is 6.08. The molecule has 1 amide bonds. The Labute approximate surface area is 155 Å². The molecule has 0 radical (unpaired) electrons. The van der Waals surface area contributed by atoms with Gasteiger partial charge in [0.1, 0.15) is 5.75 Å². The van der Waals surface area contributed by atoms with E-state index < -0.39 is 10.8 Å². The topological polar surface area (TPSA) is 93.8 Å². The lowest BCUT2D eigenvalue weighted by molar-refractivity contribution is -0.384. The molecule has 0 saturated heterocycles. The third-order valence-electron chi connectivity index (χ3n) is 2.97. The molecule has 2 rings (SSSR count). The molecule has 0 bridgehead atoms. The van der Waals surface area contributed by atoms with Crippen LogP contribution in [0.4, 0.5) is 5.69 Å². The summed E-state index contributed by atoms with van der Waals surface area (Å²) < 4.78 is 5.91. The van der Waals surface area contributed by atoms with Gasteiger partial charge in [0.25, 0.3) is 11.6 Å². The third kappa shape index (κ3) is 4.42. The third-order valence-corrected chi connectivity index (χ3v) is 4.16. The molecule has 2 aromatic carbocycles. The minimum absolute atomic E-state index is 0.114. The first-order valence-electron chi connectivity index (χ1n) is 6.53. The maximum absolute atomic E-state index is 12.0. The zero-order chi connectivity index (χ0) is 17.7. The molecule has 0 aliphatic rings. The van der Waals surface area contributed by atoms with Gasteiger partial charge in [0.15, 0.2) is 0 Å². The summed E-state index contributed by atoms with van der Waals surface area (Å²) in [5, 5.41) is 14.8. The maximum Gasteiger partial charge on any atom is 0.271 e. The fraction of sp³-hybridized carbons (Fsp3) is 0.0667. The average molecular weight is 460 g/mol. The van der Waals surface area contributed by atoms with Crippen LogP contribution < -0.4 is 10.2 Å². The summed E-state index contributed by atoms with van der Waals surface area (Å²) in [6.07, 6.45) is 1.25. The molecule has 0 heterocycles. The number of benzene rings is 2. The van der Waals surface area contributed by atoms with E-state index in [-0.39, 0.29) is 10.7 Å². The van der Waals surface area contributed by atoms with E-state index in [0.717, 1.165) is 3.57 Å². The molecular weight excluding hydrogens is 449 g/mol. The summed E-state index contributed by atoms with van der Waals surface area (Å²) in [7, 11) is 1.55. The monoisotopic (exact) mass is 459 g/mol. The molecule has 124 valence electrons. The van der Waals surface area contributed by atoms with E-state index >= 15 is 0 Å². The van der Waals surface area contributed by atoms with Crippen molar-refractivity contribution in [1.82, 2.24) is 5.43 Å². The number of methoxy groups -OCH3 is 1. The number of nitro groups is 1. The van der Waals surface area contributed by atoms with Crippen molar-refractivity contribution >= 4 is 52.0 Å². The van der Waals surface area contributed by atoms with Gasteiger partial charge < -0.3 is 4.74 Å². The Hall–Kier alpha value is -2.20. The van der Waals surface area contributed by atoms with E-state index in [1.165, 1.54) is 24.4 Å². The first-order chi connectivity index (χ1) is 11.4. The van der Waals surface area contributed by atoms with E-state index in [1.54, 1.807) is 25.3 Å². The molecule has 7 nitrogen and oxygen atoms in total. The summed E-state index contributed by atoms with van der Waals surface area (Å²) >= 11 is 8.00. The fourth-order valence-corrected chi connectivity index (χ4v) is 2.68. The Balaban J connectivity index is 2.11. The van der Waals surface area contributed by atoms with E-state index in [0.29, 0.717) is 16.9 Å². The summed E-state index contributed by atoms with van der Waals surface area (Å²) in [6.45, 7) is 0. The largest absolute Gasteiger partial charge is 0.496 e. The number of hydrazone groups is 1. The first-order valence-corrected chi connectivity index (χ1v) is 7.99. The van der Waals surface area contributed by atoms with Gasteiger partial charge in [-0.1, -0.05) is 11.6 Å². The molecule has 2 aromatic rings. The van der Waals surface area contributed by atoms with Crippen LogP contribution in [0.3, 0.4) is 0 Å². The number of carbonyl (C=O) groups is 1. The molecular formula is C15H11ClIN3O4. The molecule has 0 saturated carbocycles. The van der Waals surface area contributed by atoms with E-state index in [1.807, 2.05) is 0 Å². The van der Waals surface area contributed by atoms with Gasteiger partial charge in [0, 0.05) is 28.3 Å². The number of non-ortho nitro benzene ring substituents is 1. The van der Waals surface area contributed by atoms with E-state index in [2.05, 4.69) is 33.1 Å². The molecule has 0 fully saturated rings. The average Bonchev–Trinajstić information content (AvgIpc) is 2.56. The summed E-state index contributed by atoms with van der Waals surface area (Å²) in [4.78, 5) is 22.3. The van der Waals surface area contributed by atoms with Crippen molar-refractivity contribution in [2.75, 3.05) is 7.11 Å². The molecule has 24 heavy (non-hydrogen) atoms. The Kier molecular flexibility index (Phi) is 6.10. The Morgan fingerprint density at radius 1 is 1.38 bits per heavy atom. The lowest BCUT2D eigenvalue weighted by Crippen LogP contribution is -2.17. The smallest absolute Gasteiger partial charge is 0.271 e. The predicted octanol–water partition coefficient (Wildman–Crippen LogP) is 3.63. The minimum Gasteiger partial charge on any atom is -0.496 e. The molecule has 0 aromatic heterocycles. The van der Waals surface area contributed by atoms with Crippen molar-refractivity contribution in [2.24, 2.45) is 5.10 Å². The molecule has 1 N–H and O–H groups in total. The Morgan fingerprint density at radius 3 is 2.75 bits per heavy atom. The molecule has 0 aliphatic carbocycles. The van der Waals surface area contributed by atoms with Crippen molar-refractivity contribution in [2.45, 2.75) is 0 Å². The summed E-state index contributed by atoms with van der Waals surface area (Å²) in [5.41, 5.74) is 2.97. The molecule has 9 heteroatoms. The van der Waals surface area contributed by atoms with Crippen LogP contribution in [0, 0.1) is 13.7 Å². The second kappa shape index (κ2) is 8.06. The second-order valence-electron chi connectivity index (χ2n) is 4.51. The highest BCUT2D eigenvalue weighted by Crippen LogP contribution is 2.22. The molecule has 0 spiro atoms. The highest BCUT2D eigenvalue weighted by atomic mass is 127. The number of carbonyl (C=O) groups excluding carboxylic acids is 1. The van der Waals surface area contributed by atoms with Crippen LogP contribution in [0.5, 0.6) is 5.75 Å². The van der Waals surface area contributed by atoms with Crippen LogP contribution in [-0.2, 0) is 0 Å². The number of rotatable bonds is 5. The van der Waals surface area contributed by atoms with Crippen molar-refractivity contribution < 1.29 is 14.5 Å². The number of amides is 1. The lowest BCUT2D eigenvalue weighted by Gasteiger charge is -2.05. The lowest BCUT2D eigenvalue weighted by atomic mass is 10.2. The number of nitrogens with zero attached hydrogens (tertiary/aromatic N) is 2. The quantitative estimate of drug-likeness (QED) is 0.320. The van der Waals surface area contributed by atoms with Crippen LogP contribution in [0.1, 0.15) is 15.9 Å². The Bertz CT molecular complexity index is 826. The highest BCUT2D eigenvalue weighted by molar-refractivity contribution is 14.1. The molecule has 0 atom stereocenters. The summed E-state index contributed by atoms with van der Waals surface area (Å²) in [6, 6.07) is 8.90. The maximum atomic E-state index is 12.0. The molecule has 0 aliphatic heterocycles. The van der Waals surface area contributed by atoms with Crippen LogP contribution in [-0.4, -0.2) is 24.2 Å². The van der Waals surface area contributed by atoms with E-state index in [4.69, 9.17) is 16.3 Å². The van der Waals surface area contributed by atoms with Gasteiger partial charge in [-0.3, -0.25) is 14.9 Å². The van der Waals surface area contributed by atoms with Crippen LogP contribution in [0.25, 0.3) is 0 Å².